The van der Waals surface area contributed by atoms with Gasteiger partial charge in [-0.25, -0.2) is 0 Å². The molecule has 1 aromatic heterocycles. The van der Waals surface area contributed by atoms with Crippen LogP contribution in [-0.2, 0) is 28.9 Å². The lowest BCUT2D eigenvalue weighted by molar-refractivity contribution is -0.137. The molecular weight excluding hydrogens is 509 g/mol. The first-order chi connectivity index (χ1) is 17.5. The number of carbonyl (C=O) groups excluding carboxylic acids is 2. The Hall–Kier alpha value is -3.41. The third kappa shape index (κ3) is 6.30. The number of benzene rings is 2. The van der Waals surface area contributed by atoms with E-state index in [-0.39, 0.29) is 16.9 Å². The van der Waals surface area contributed by atoms with Gasteiger partial charge in [0.15, 0.2) is 10.7 Å². The fraction of sp³-hybridized carbons (Fsp3) is 0.269. The Morgan fingerprint density at radius 3 is 2.41 bits per heavy atom. The summed E-state index contributed by atoms with van der Waals surface area (Å²) < 4.78 is 60.4. The van der Waals surface area contributed by atoms with Crippen molar-refractivity contribution in [1.82, 2.24) is 8.87 Å². The molecule has 0 bridgehead atoms. The summed E-state index contributed by atoms with van der Waals surface area (Å²) in [4.78, 5) is 37.7. The van der Waals surface area contributed by atoms with Gasteiger partial charge in [-0.05, 0) is 48.2 Å². The molecule has 194 valence electrons. The highest BCUT2D eigenvalue weighted by molar-refractivity contribution is 7.89. The van der Waals surface area contributed by atoms with E-state index in [0.717, 1.165) is 36.5 Å². The average Bonchev–Trinajstić information content (AvgIpc) is 3.39. The molecule has 3 aromatic rings. The Labute approximate surface area is 213 Å². The molecule has 1 aliphatic rings. The average molecular weight is 533 g/mol. The zero-order valence-electron chi connectivity index (χ0n) is 19.8. The first-order valence-corrected chi connectivity index (χ1v) is 12.5. The van der Waals surface area contributed by atoms with Gasteiger partial charge in [-0.15, -0.1) is 4.31 Å². The van der Waals surface area contributed by atoms with Gasteiger partial charge in [0.25, 0.3) is 5.56 Å². The Morgan fingerprint density at radius 2 is 1.73 bits per heavy atom. The van der Waals surface area contributed by atoms with Crippen molar-refractivity contribution in [2.75, 3.05) is 13.1 Å². The molecule has 1 unspecified atom stereocenters. The number of aromatic nitrogens is 1. The van der Waals surface area contributed by atoms with E-state index in [2.05, 4.69) is 0 Å². The molecule has 0 N–H and O–H groups in total. The molecule has 0 radical (unpaired) electrons. The van der Waals surface area contributed by atoms with E-state index in [0.29, 0.717) is 23.5 Å². The molecular formula is C26H23F3N2O5S. The number of pyridine rings is 1. The van der Waals surface area contributed by atoms with Gasteiger partial charge >= 0.3 is 12.1 Å². The number of ketones is 1. The quantitative estimate of drug-likeness (QED) is 0.193. The molecule has 1 saturated heterocycles. The summed E-state index contributed by atoms with van der Waals surface area (Å²) in [7, 11) is 0. The SMILES string of the molecule is CC(=O)Oc1cc(-c2cccc(C(F)(F)F)c2)ccc1C(=O)Cn1cc([S+]([O-])N2CCCC2)ccc1=O. The standard InChI is InChI=1S/C26H23F3N2O5S/c1-17(32)36-24-14-19(18-5-4-6-20(13-18)26(27,28)29)7-9-22(24)23(33)16-30-15-21(8-10-25(30)34)37(35)31-11-2-3-12-31/h4-10,13-15H,2-3,11-12,16H2,1H3. The molecule has 4 rings (SSSR count). The number of rotatable bonds is 7. The minimum absolute atomic E-state index is 0.0242. The van der Waals surface area contributed by atoms with E-state index in [1.807, 2.05) is 0 Å². The zero-order chi connectivity index (χ0) is 26.7. The van der Waals surface area contributed by atoms with Gasteiger partial charge in [-0.2, -0.15) is 13.2 Å². The molecule has 2 heterocycles. The lowest BCUT2D eigenvalue weighted by Gasteiger charge is -2.19. The predicted octanol–water partition coefficient (Wildman–Crippen LogP) is 4.46. The lowest BCUT2D eigenvalue weighted by Crippen LogP contribution is -2.30. The highest BCUT2D eigenvalue weighted by atomic mass is 32.2. The van der Waals surface area contributed by atoms with Crippen molar-refractivity contribution < 1.29 is 32.0 Å². The molecule has 11 heteroatoms. The first-order valence-electron chi connectivity index (χ1n) is 11.4. The monoisotopic (exact) mass is 532 g/mol. The summed E-state index contributed by atoms with van der Waals surface area (Å²) in [6, 6.07) is 11.4. The van der Waals surface area contributed by atoms with Crippen LogP contribution in [0.25, 0.3) is 11.1 Å². The summed E-state index contributed by atoms with van der Waals surface area (Å²) in [5.41, 5.74) is -0.826. The molecule has 1 fully saturated rings. The normalized spacial score (nSPS) is 14.9. The van der Waals surface area contributed by atoms with E-state index in [9.17, 15) is 32.1 Å². The maximum absolute atomic E-state index is 13.2. The fourth-order valence-electron chi connectivity index (χ4n) is 4.03. The summed E-state index contributed by atoms with van der Waals surface area (Å²) in [6.45, 7) is 2.07. The number of esters is 1. The number of nitrogens with zero attached hydrogens (tertiary/aromatic N) is 2. The predicted molar refractivity (Wildman–Crippen MR) is 130 cm³/mol. The Kier molecular flexibility index (Phi) is 7.86. The number of halogens is 3. The Morgan fingerprint density at radius 1 is 1.03 bits per heavy atom. The second-order valence-electron chi connectivity index (χ2n) is 8.52. The van der Waals surface area contributed by atoms with Crippen LogP contribution in [-0.4, -0.2) is 38.3 Å². The lowest BCUT2D eigenvalue weighted by atomic mass is 9.99. The Bertz CT molecular complexity index is 1380. The summed E-state index contributed by atoms with van der Waals surface area (Å²) in [6.07, 6.45) is -1.30. The second kappa shape index (κ2) is 10.9. The minimum Gasteiger partial charge on any atom is -0.593 e. The molecule has 0 aliphatic carbocycles. The van der Waals surface area contributed by atoms with Crippen LogP contribution in [0.5, 0.6) is 5.75 Å². The zero-order valence-corrected chi connectivity index (χ0v) is 20.6. The smallest absolute Gasteiger partial charge is 0.416 e. The first kappa shape index (κ1) is 26.6. The van der Waals surface area contributed by atoms with Crippen LogP contribution in [0, 0.1) is 0 Å². The van der Waals surface area contributed by atoms with Gasteiger partial charge in [-0.3, -0.25) is 14.4 Å². The number of carbonyl (C=O) groups is 2. The molecule has 1 atom stereocenters. The largest absolute Gasteiger partial charge is 0.593 e. The van der Waals surface area contributed by atoms with Crippen molar-refractivity contribution >= 4 is 23.1 Å². The van der Waals surface area contributed by atoms with Crippen molar-refractivity contribution in [2.45, 2.75) is 37.4 Å². The maximum atomic E-state index is 13.2. The number of ether oxygens (including phenoxy) is 1. The van der Waals surface area contributed by atoms with Gasteiger partial charge in [0.1, 0.15) is 5.75 Å². The van der Waals surface area contributed by atoms with Gasteiger partial charge in [-0.1, -0.05) is 18.2 Å². The van der Waals surface area contributed by atoms with Gasteiger partial charge in [0, 0.05) is 32.1 Å². The third-order valence-corrected chi connectivity index (χ3v) is 7.31. The molecule has 0 saturated carbocycles. The van der Waals surface area contributed by atoms with Crippen molar-refractivity contribution in [3.8, 4) is 16.9 Å². The van der Waals surface area contributed by atoms with Crippen LogP contribution in [0.4, 0.5) is 13.2 Å². The third-order valence-electron chi connectivity index (χ3n) is 5.83. The highest BCUT2D eigenvalue weighted by Crippen LogP contribution is 2.34. The van der Waals surface area contributed by atoms with Crippen LogP contribution < -0.4 is 10.3 Å². The second-order valence-corrected chi connectivity index (χ2v) is 10.0. The van der Waals surface area contributed by atoms with Crippen LogP contribution >= 0.6 is 0 Å². The summed E-state index contributed by atoms with van der Waals surface area (Å²) in [5, 5.41) is 0. The molecule has 7 nitrogen and oxygen atoms in total. The van der Waals surface area contributed by atoms with Crippen molar-refractivity contribution in [3.63, 3.8) is 0 Å². The number of alkyl halides is 3. The van der Waals surface area contributed by atoms with Crippen LogP contribution in [0.15, 0.2) is 70.5 Å². The van der Waals surface area contributed by atoms with E-state index in [1.165, 1.54) is 48.7 Å². The maximum Gasteiger partial charge on any atom is 0.416 e. The summed E-state index contributed by atoms with van der Waals surface area (Å²) in [5.74, 6) is -1.44. The van der Waals surface area contributed by atoms with Gasteiger partial charge in [0.05, 0.1) is 35.2 Å². The van der Waals surface area contributed by atoms with Crippen molar-refractivity contribution in [2.24, 2.45) is 0 Å². The molecule has 1 aliphatic heterocycles. The molecule has 37 heavy (non-hydrogen) atoms. The van der Waals surface area contributed by atoms with E-state index in [4.69, 9.17) is 4.74 Å². The molecule has 0 spiro atoms. The molecule has 2 aromatic carbocycles. The van der Waals surface area contributed by atoms with Crippen molar-refractivity contribution in [3.05, 3.63) is 82.3 Å². The number of hydrogen-bond donors (Lipinski definition) is 0. The topological polar surface area (TPSA) is 91.7 Å². The van der Waals surface area contributed by atoms with E-state index < -0.39 is 47.0 Å². The molecule has 0 amide bonds. The van der Waals surface area contributed by atoms with Gasteiger partial charge < -0.3 is 13.9 Å². The van der Waals surface area contributed by atoms with E-state index >= 15 is 0 Å². The van der Waals surface area contributed by atoms with Gasteiger partial charge in [0.2, 0.25) is 0 Å². The van der Waals surface area contributed by atoms with Crippen LogP contribution in [0.2, 0.25) is 0 Å². The highest BCUT2D eigenvalue weighted by Gasteiger charge is 2.31. The summed E-state index contributed by atoms with van der Waals surface area (Å²) >= 11 is -1.47. The minimum atomic E-state index is -4.54. The number of hydrogen-bond acceptors (Lipinski definition) is 6. The van der Waals surface area contributed by atoms with Crippen LogP contribution in [0.3, 0.4) is 0 Å². The van der Waals surface area contributed by atoms with E-state index in [1.54, 1.807) is 4.31 Å². The number of Topliss-reactive ketones (excluding diaryl/α,β-unsaturated/α-hetero) is 1. The Balaban J connectivity index is 1.64. The van der Waals surface area contributed by atoms with Crippen LogP contribution in [0.1, 0.15) is 35.7 Å². The fourth-order valence-corrected chi connectivity index (χ4v) is 5.32. The van der Waals surface area contributed by atoms with Crippen molar-refractivity contribution in [1.29, 1.82) is 0 Å².